The number of amides is 1. The third-order valence-electron chi connectivity index (χ3n) is 4.92. The van der Waals surface area contributed by atoms with E-state index < -0.39 is 11.4 Å². The molecule has 0 bridgehead atoms. The molecule has 116 valence electrons. The quantitative estimate of drug-likeness (QED) is 0.841. The molecule has 3 atom stereocenters. The molecule has 21 heavy (non-hydrogen) atoms. The van der Waals surface area contributed by atoms with E-state index in [1.165, 1.54) is 12.8 Å². The van der Waals surface area contributed by atoms with E-state index in [-0.39, 0.29) is 0 Å². The lowest BCUT2D eigenvalue weighted by molar-refractivity contribution is -0.123. The zero-order valence-electron chi connectivity index (χ0n) is 13.1. The first kappa shape index (κ1) is 16.0. The number of rotatable bonds is 6. The van der Waals surface area contributed by atoms with Gasteiger partial charge in [-0.05, 0) is 38.2 Å². The topological polar surface area (TPSA) is 72.3 Å². The molecule has 0 aliphatic carbocycles. The van der Waals surface area contributed by atoms with Gasteiger partial charge in [-0.3, -0.25) is 9.69 Å². The van der Waals surface area contributed by atoms with Gasteiger partial charge < -0.3 is 11.5 Å². The highest BCUT2D eigenvalue weighted by atomic mass is 16.1. The molecule has 4 N–H and O–H groups in total. The maximum atomic E-state index is 11.9. The van der Waals surface area contributed by atoms with E-state index in [1.807, 2.05) is 30.3 Å². The zero-order valence-corrected chi connectivity index (χ0v) is 13.1. The summed E-state index contributed by atoms with van der Waals surface area (Å²) in [6.07, 6.45) is 4.16. The molecule has 1 aromatic carbocycles. The lowest BCUT2D eigenvalue weighted by Gasteiger charge is -2.33. The Balaban J connectivity index is 2.12. The third-order valence-corrected chi connectivity index (χ3v) is 4.92. The maximum Gasteiger partial charge on any atom is 0.242 e. The molecule has 1 amide bonds. The van der Waals surface area contributed by atoms with Gasteiger partial charge in [0.05, 0.1) is 0 Å². The SMILES string of the molecule is CCC1CCC(C)N1CCC(N)(C(N)=O)c1ccccc1. The number of primary amides is 1. The molecule has 4 heteroatoms. The van der Waals surface area contributed by atoms with Crippen LogP contribution in [0.3, 0.4) is 0 Å². The number of carbonyl (C=O) groups is 1. The van der Waals surface area contributed by atoms with Gasteiger partial charge in [0.1, 0.15) is 5.54 Å². The summed E-state index contributed by atoms with van der Waals surface area (Å²) < 4.78 is 0. The standard InChI is InChI=1S/C17H27N3O/c1-3-15-10-9-13(2)20(15)12-11-17(19,16(18)21)14-7-5-4-6-8-14/h4-8,13,15H,3,9-12,19H2,1-2H3,(H2,18,21). The minimum Gasteiger partial charge on any atom is -0.368 e. The smallest absolute Gasteiger partial charge is 0.242 e. The number of hydrogen-bond donors (Lipinski definition) is 2. The van der Waals surface area contributed by atoms with Gasteiger partial charge in [0.25, 0.3) is 0 Å². The first-order valence-corrected chi connectivity index (χ1v) is 7.89. The number of hydrogen-bond acceptors (Lipinski definition) is 3. The lowest BCUT2D eigenvalue weighted by Crippen LogP contribution is -2.51. The highest BCUT2D eigenvalue weighted by Gasteiger charge is 2.37. The van der Waals surface area contributed by atoms with Crippen molar-refractivity contribution < 1.29 is 4.79 Å². The maximum absolute atomic E-state index is 11.9. The number of carbonyl (C=O) groups excluding carboxylic acids is 1. The van der Waals surface area contributed by atoms with Crippen LogP contribution < -0.4 is 11.5 Å². The zero-order chi connectivity index (χ0) is 15.5. The van der Waals surface area contributed by atoms with Crippen LogP contribution in [0.4, 0.5) is 0 Å². The van der Waals surface area contributed by atoms with Crippen molar-refractivity contribution in [1.29, 1.82) is 0 Å². The van der Waals surface area contributed by atoms with Crippen molar-refractivity contribution in [3.8, 4) is 0 Å². The molecule has 1 aromatic rings. The molecule has 0 aromatic heterocycles. The summed E-state index contributed by atoms with van der Waals surface area (Å²) in [5.74, 6) is -0.450. The highest BCUT2D eigenvalue weighted by Crippen LogP contribution is 2.29. The van der Waals surface area contributed by atoms with Crippen LogP contribution in [0.5, 0.6) is 0 Å². The number of nitrogens with two attached hydrogens (primary N) is 2. The Hall–Kier alpha value is -1.39. The molecule has 1 saturated heterocycles. The Labute approximate surface area is 127 Å². The monoisotopic (exact) mass is 289 g/mol. The van der Waals surface area contributed by atoms with Crippen molar-refractivity contribution in [3.05, 3.63) is 35.9 Å². The van der Waals surface area contributed by atoms with Gasteiger partial charge in [0, 0.05) is 18.6 Å². The molecule has 0 spiro atoms. The van der Waals surface area contributed by atoms with Gasteiger partial charge >= 0.3 is 0 Å². The van der Waals surface area contributed by atoms with E-state index in [0.29, 0.717) is 18.5 Å². The number of likely N-dealkylation sites (tertiary alicyclic amines) is 1. The first-order valence-electron chi connectivity index (χ1n) is 7.89. The average Bonchev–Trinajstić information content (AvgIpc) is 2.85. The Morgan fingerprint density at radius 3 is 2.57 bits per heavy atom. The second-order valence-electron chi connectivity index (χ2n) is 6.18. The summed E-state index contributed by atoms with van der Waals surface area (Å²) in [5.41, 5.74) is 11.7. The summed E-state index contributed by atoms with van der Waals surface area (Å²) in [4.78, 5) is 14.4. The molecule has 1 aliphatic heterocycles. The van der Waals surface area contributed by atoms with Crippen LogP contribution in [0.1, 0.15) is 45.1 Å². The normalized spacial score (nSPS) is 25.7. The molecular weight excluding hydrogens is 262 g/mol. The van der Waals surface area contributed by atoms with Crippen LogP contribution in [0.15, 0.2) is 30.3 Å². The summed E-state index contributed by atoms with van der Waals surface area (Å²) >= 11 is 0. The first-order chi connectivity index (χ1) is 9.99. The van der Waals surface area contributed by atoms with Crippen LogP contribution in [0.2, 0.25) is 0 Å². The summed E-state index contributed by atoms with van der Waals surface area (Å²) in [6.45, 7) is 5.28. The van der Waals surface area contributed by atoms with Gasteiger partial charge in [0.2, 0.25) is 5.91 Å². The van der Waals surface area contributed by atoms with Crippen molar-refractivity contribution in [3.63, 3.8) is 0 Å². The molecular formula is C17H27N3O. The van der Waals surface area contributed by atoms with E-state index in [1.54, 1.807) is 0 Å². The van der Waals surface area contributed by atoms with Crippen molar-refractivity contribution >= 4 is 5.91 Å². The van der Waals surface area contributed by atoms with Gasteiger partial charge in [-0.2, -0.15) is 0 Å². The predicted octanol–water partition coefficient (Wildman–Crippen LogP) is 1.98. The van der Waals surface area contributed by atoms with Crippen LogP contribution in [0, 0.1) is 0 Å². The molecule has 1 heterocycles. The minimum absolute atomic E-state index is 0.450. The van der Waals surface area contributed by atoms with Crippen molar-refractivity contribution in [2.24, 2.45) is 11.5 Å². The van der Waals surface area contributed by atoms with E-state index in [2.05, 4.69) is 18.7 Å². The highest BCUT2D eigenvalue weighted by molar-refractivity contribution is 5.85. The van der Waals surface area contributed by atoms with Gasteiger partial charge in [0.15, 0.2) is 0 Å². The van der Waals surface area contributed by atoms with Gasteiger partial charge in [-0.25, -0.2) is 0 Å². The molecule has 3 unspecified atom stereocenters. The summed E-state index contributed by atoms with van der Waals surface area (Å²) in [5, 5.41) is 0. The molecule has 1 fully saturated rings. The van der Waals surface area contributed by atoms with Gasteiger partial charge in [-0.1, -0.05) is 37.3 Å². The van der Waals surface area contributed by atoms with E-state index in [4.69, 9.17) is 11.5 Å². The van der Waals surface area contributed by atoms with E-state index in [9.17, 15) is 4.79 Å². The molecule has 4 nitrogen and oxygen atoms in total. The fraction of sp³-hybridized carbons (Fsp3) is 0.588. The largest absolute Gasteiger partial charge is 0.368 e. The van der Waals surface area contributed by atoms with E-state index in [0.717, 1.165) is 18.5 Å². The lowest BCUT2D eigenvalue weighted by atomic mass is 9.86. The van der Waals surface area contributed by atoms with Crippen LogP contribution >= 0.6 is 0 Å². The van der Waals surface area contributed by atoms with Crippen LogP contribution in [-0.2, 0) is 10.3 Å². The Kier molecular flexibility index (Phi) is 5.01. The van der Waals surface area contributed by atoms with Crippen molar-refractivity contribution in [2.45, 2.75) is 57.2 Å². The summed E-state index contributed by atoms with van der Waals surface area (Å²) in [7, 11) is 0. The molecule has 2 rings (SSSR count). The molecule has 1 aliphatic rings. The Morgan fingerprint density at radius 2 is 2.00 bits per heavy atom. The molecule has 0 saturated carbocycles. The van der Waals surface area contributed by atoms with Gasteiger partial charge in [-0.15, -0.1) is 0 Å². The van der Waals surface area contributed by atoms with Crippen molar-refractivity contribution in [1.82, 2.24) is 4.90 Å². The van der Waals surface area contributed by atoms with E-state index >= 15 is 0 Å². The molecule has 0 radical (unpaired) electrons. The fourth-order valence-corrected chi connectivity index (χ4v) is 3.42. The third kappa shape index (κ3) is 3.27. The Morgan fingerprint density at radius 1 is 1.33 bits per heavy atom. The number of benzene rings is 1. The average molecular weight is 289 g/mol. The summed E-state index contributed by atoms with van der Waals surface area (Å²) in [6, 6.07) is 10.6. The van der Waals surface area contributed by atoms with Crippen LogP contribution in [-0.4, -0.2) is 29.4 Å². The second-order valence-corrected chi connectivity index (χ2v) is 6.18. The minimum atomic E-state index is -1.08. The van der Waals surface area contributed by atoms with Crippen molar-refractivity contribution in [2.75, 3.05) is 6.54 Å². The second kappa shape index (κ2) is 6.58. The fourth-order valence-electron chi connectivity index (χ4n) is 3.42. The predicted molar refractivity (Wildman–Crippen MR) is 85.6 cm³/mol. The number of nitrogens with zero attached hydrogens (tertiary/aromatic N) is 1. The van der Waals surface area contributed by atoms with Crippen LogP contribution in [0.25, 0.3) is 0 Å². The Bertz CT molecular complexity index is 476.